The van der Waals surface area contributed by atoms with Crippen molar-refractivity contribution < 1.29 is 13.6 Å². The number of carbonyl (C=O) groups is 1. The molecule has 33 heavy (non-hydrogen) atoms. The number of nitrogens with one attached hydrogen (secondary N) is 1. The van der Waals surface area contributed by atoms with E-state index in [0.717, 1.165) is 32.5 Å². The van der Waals surface area contributed by atoms with Crippen LogP contribution in [0.3, 0.4) is 0 Å². The molecule has 0 atom stereocenters. The van der Waals surface area contributed by atoms with Crippen LogP contribution in [-0.4, -0.2) is 36.5 Å². The zero-order valence-electron chi connectivity index (χ0n) is 18.5. The first-order valence-corrected chi connectivity index (χ1v) is 11.3. The van der Waals surface area contributed by atoms with Crippen molar-refractivity contribution in [1.29, 1.82) is 0 Å². The maximum Gasteiger partial charge on any atom is 0.232 e. The molecule has 0 saturated carbocycles. The maximum atomic E-state index is 13.4. The summed E-state index contributed by atoms with van der Waals surface area (Å²) in [7, 11) is 0. The molecule has 0 unspecified atom stereocenters. The molecule has 1 heterocycles. The Morgan fingerprint density at radius 2 is 1.42 bits per heavy atom. The summed E-state index contributed by atoms with van der Waals surface area (Å²) in [5.41, 5.74) is 2.56. The average molecular weight is 447 g/mol. The lowest BCUT2D eigenvalue weighted by atomic mass is 9.89. The molecule has 0 aliphatic carbocycles. The maximum absolute atomic E-state index is 13.4. The molecular weight excluding hydrogens is 418 g/mol. The fourth-order valence-corrected chi connectivity index (χ4v) is 4.25. The Hall–Kier alpha value is -3.31. The van der Waals surface area contributed by atoms with E-state index in [-0.39, 0.29) is 23.6 Å². The van der Waals surface area contributed by atoms with Crippen LogP contribution in [0, 0.1) is 11.6 Å². The molecule has 1 saturated heterocycles. The first kappa shape index (κ1) is 22.9. The minimum absolute atomic E-state index is 0.0789. The molecule has 3 aromatic rings. The highest BCUT2D eigenvalue weighted by Crippen LogP contribution is 2.26. The number of nitrogens with zero attached hydrogens (tertiary/aromatic N) is 1. The van der Waals surface area contributed by atoms with Gasteiger partial charge in [-0.05, 0) is 53.8 Å². The second-order valence-corrected chi connectivity index (χ2v) is 8.43. The van der Waals surface area contributed by atoms with E-state index in [0.29, 0.717) is 11.1 Å². The third-order valence-electron chi connectivity index (χ3n) is 6.08. The minimum Gasteiger partial charge on any atom is -0.352 e. The van der Waals surface area contributed by atoms with Crippen LogP contribution in [0.15, 0.2) is 84.9 Å². The summed E-state index contributed by atoms with van der Waals surface area (Å²) in [5, 5.41) is 3.18. The van der Waals surface area contributed by atoms with Crippen molar-refractivity contribution in [3.63, 3.8) is 0 Å². The summed E-state index contributed by atoms with van der Waals surface area (Å²) in [4.78, 5) is 15.6. The molecule has 1 fully saturated rings. The highest BCUT2D eigenvalue weighted by Gasteiger charge is 2.27. The summed E-state index contributed by atoms with van der Waals surface area (Å²) in [6.45, 7) is 2.69. The van der Waals surface area contributed by atoms with E-state index in [9.17, 15) is 13.6 Å². The summed E-state index contributed by atoms with van der Waals surface area (Å²) in [6, 6.07) is 22.2. The molecule has 4 rings (SSSR count). The van der Waals surface area contributed by atoms with Crippen molar-refractivity contribution in [3.8, 4) is 0 Å². The van der Waals surface area contributed by atoms with E-state index in [4.69, 9.17) is 0 Å². The van der Waals surface area contributed by atoms with Gasteiger partial charge in [-0.2, -0.15) is 0 Å². The molecule has 1 aliphatic rings. The normalized spacial score (nSPS) is 15.2. The lowest BCUT2D eigenvalue weighted by molar-refractivity contribution is -0.122. The van der Waals surface area contributed by atoms with Crippen LogP contribution in [0.2, 0.25) is 0 Å². The van der Waals surface area contributed by atoms with E-state index in [1.807, 2.05) is 18.2 Å². The Balaban J connectivity index is 1.36. The van der Waals surface area contributed by atoms with Crippen molar-refractivity contribution >= 4 is 12.0 Å². The van der Waals surface area contributed by atoms with E-state index >= 15 is 0 Å². The molecule has 0 radical (unpaired) electrons. The van der Waals surface area contributed by atoms with Gasteiger partial charge in [0.25, 0.3) is 0 Å². The van der Waals surface area contributed by atoms with E-state index < -0.39 is 5.92 Å². The highest BCUT2D eigenvalue weighted by atomic mass is 19.1. The highest BCUT2D eigenvalue weighted by molar-refractivity contribution is 5.87. The lowest BCUT2D eigenvalue weighted by Gasteiger charge is -2.32. The van der Waals surface area contributed by atoms with E-state index in [1.54, 1.807) is 24.3 Å². The molecule has 1 N–H and O–H groups in total. The SMILES string of the molecule is O=C(NC1CCN(C/C=C/c2ccccc2)CC1)C(c1ccc(F)cc1)c1ccc(F)cc1. The summed E-state index contributed by atoms with van der Waals surface area (Å²) < 4.78 is 26.9. The minimum atomic E-state index is -0.613. The molecule has 0 bridgehead atoms. The van der Waals surface area contributed by atoms with Gasteiger partial charge in [-0.25, -0.2) is 8.78 Å². The number of benzene rings is 3. The van der Waals surface area contributed by atoms with Crippen molar-refractivity contribution in [2.24, 2.45) is 0 Å². The predicted molar refractivity (Wildman–Crippen MR) is 128 cm³/mol. The van der Waals surface area contributed by atoms with Crippen molar-refractivity contribution in [1.82, 2.24) is 10.2 Å². The van der Waals surface area contributed by atoms with Gasteiger partial charge in [0.1, 0.15) is 11.6 Å². The number of hydrogen-bond acceptors (Lipinski definition) is 2. The number of carbonyl (C=O) groups excluding carboxylic acids is 1. The third kappa shape index (κ3) is 6.36. The lowest BCUT2D eigenvalue weighted by Crippen LogP contribution is -2.46. The Morgan fingerprint density at radius 1 is 0.879 bits per heavy atom. The summed E-state index contributed by atoms with van der Waals surface area (Å²) >= 11 is 0. The van der Waals surface area contributed by atoms with Crippen LogP contribution < -0.4 is 5.32 Å². The van der Waals surface area contributed by atoms with Gasteiger partial charge in [0.05, 0.1) is 5.92 Å². The van der Waals surface area contributed by atoms with Gasteiger partial charge < -0.3 is 5.32 Å². The van der Waals surface area contributed by atoms with E-state index in [2.05, 4.69) is 34.5 Å². The van der Waals surface area contributed by atoms with Gasteiger partial charge in [0, 0.05) is 25.7 Å². The Labute approximate surface area is 193 Å². The zero-order valence-corrected chi connectivity index (χ0v) is 18.5. The van der Waals surface area contributed by atoms with Crippen LogP contribution in [-0.2, 0) is 4.79 Å². The number of piperidine rings is 1. The molecule has 170 valence electrons. The Bertz CT molecular complexity index is 1010. The molecule has 3 aromatic carbocycles. The largest absolute Gasteiger partial charge is 0.352 e. The van der Waals surface area contributed by atoms with E-state index in [1.165, 1.54) is 29.8 Å². The number of halogens is 2. The smallest absolute Gasteiger partial charge is 0.232 e. The first-order chi connectivity index (χ1) is 16.1. The molecular formula is C28H28F2N2O. The second kappa shape index (κ2) is 11.0. The van der Waals surface area contributed by atoms with Gasteiger partial charge >= 0.3 is 0 Å². The quantitative estimate of drug-likeness (QED) is 0.528. The van der Waals surface area contributed by atoms with Crippen molar-refractivity contribution in [2.45, 2.75) is 24.8 Å². The molecule has 3 nitrogen and oxygen atoms in total. The number of amides is 1. The van der Waals surface area contributed by atoms with Gasteiger partial charge in [0.2, 0.25) is 5.91 Å². The van der Waals surface area contributed by atoms with Gasteiger partial charge in [0.15, 0.2) is 0 Å². The summed E-state index contributed by atoms with van der Waals surface area (Å²) in [5.74, 6) is -1.47. The van der Waals surface area contributed by atoms with Crippen LogP contribution in [0.4, 0.5) is 8.78 Å². The zero-order chi connectivity index (χ0) is 23.0. The van der Waals surface area contributed by atoms with Gasteiger partial charge in [-0.1, -0.05) is 66.7 Å². The van der Waals surface area contributed by atoms with Crippen LogP contribution >= 0.6 is 0 Å². The van der Waals surface area contributed by atoms with Crippen LogP contribution in [0.25, 0.3) is 6.08 Å². The number of likely N-dealkylation sites (tertiary alicyclic amines) is 1. The van der Waals surface area contributed by atoms with Crippen molar-refractivity contribution in [3.05, 3.63) is 113 Å². The fourth-order valence-electron chi connectivity index (χ4n) is 4.25. The van der Waals surface area contributed by atoms with Crippen molar-refractivity contribution in [2.75, 3.05) is 19.6 Å². The topological polar surface area (TPSA) is 32.3 Å². The standard InChI is InChI=1S/C28H28F2N2O/c29-24-12-8-22(9-13-24)27(23-10-14-25(30)15-11-23)28(33)31-26-16-19-32(20-17-26)18-4-7-21-5-2-1-3-6-21/h1-15,26-27H,16-20H2,(H,31,33)/b7-4+. The molecule has 0 aromatic heterocycles. The summed E-state index contributed by atoms with van der Waals surface area (Å²) in [6.07, 6.45) is 6.03. The molecule has 5 heteroatoms. The number of rotatable bonds is 7. The van der Waals surface area contributed by atoms with Gasteiger partial charge in [-0.15, -0.1) is 0 Å². The Kier molecular flexibility index (Phi) is 7.63. The molecule has 1 amide bonds. The predicted octanol–water partition coefficient (Wildman–Crippen LogP) is 5.39. The number of hydrogen-bond donors (Lipinski definition) is 1. The molecule has 1 aliphatic heterocycles. The van der Waals surface area contributed by atoms with Crippen LogP contribution in [0.1, 0.15) is 35.4 Å². The van der Waals surface area contributed by atoms with Crippen LogP contribution in [0.5, 0.6) is 0 Å². The third-order valence-corrected chi connectivity index (χ3v) is 6.08. The fraction of sp³-hybridized carbons (Fsp3) is 0.250. The average Bonchev–Trinajstić information content (AvgIpc) is 2.83. The molecule has 0 spiro atoms. The second-order valence-electron chi connectivity index (χ2n) is 8.43. The monoisotopic (exact) mass is 446 g/mol. The van der Waals surface area contributed by atoms with Gasteiger partial charge in [-0.3, -0.25) is 9.69 Å². The first-order valence-electron chi connectivity index (χ1n) is 11.3. The Morgan fingerprint density at radius 3 is 1.97 bits per heavy atom.